The van der Waals surface area contributed by atoms with Gasteiger partial charge in [-0.25, -0.2) is 0 Å². The fraction of sp³-hybridized carbons (Fsp3) is 0.150. The summed E-state index contributed by atoms with van der Waals surface area (Å²) in [5.74, 6) is 1.99. The van der Waals surface area contributed by atoms with Crippen LogP contribution in [0.25, 0.3) is 0 Å². The summed E-state index contributed by atoms with van der Waals surface area (Å²) in [6.45, 7) is 0. The highest BCUT2D eigenvalue weighted by atomic mass is 16.5. The minimum absolute atomic E-state index is 0.119. The zero-order valence-electron chi connectivity index (χ0n) is 15.2. The number of aliphatic imine (C=N–C) groups is 1. The molecule has 0 saturated heterocycles. The van der Waals surface area contributed by atoms with Crippen molar-refractivity contribution >= 4 is 11.9 Å². The highest BCUT2D eigenvalue weighted by Crippen LogP contribution is 2.26. The second kappa shape index (κ2) is 8.66. The van der Waals surface area contributed by atoms with Gasteiger partial charge in [-0.1, -0.05) is 18.2 Å². The van der Waals surface area contributed by atoms with Crippen LogP contribution in [-0.4, -0.2) is 37.5 Å². The van der Waals surface area contributed by atoms with Crippen LogP contribution in [0.1, 0.15) is 5.56 Å². The van der Waals surface area contributed by atoms with Crippen LogP contribution in [0.5, 0.6) is 29.3 Å². The van der Waals surface area contributed by atoms with Gasteiger partial charge in [-0.2, -0.15) is 9.97 Å². The standard InChI is InChI=1S/C20H19N3O4/c1-24-16-9-6-8-15(11-16)21-13-14-7-4-5-10-17(14)27-20-22-18(25-2)12-19(23-20)26-3/h4-13H,1-3H3/b21-13+. The third-order valence-electron chi connectivity index (χ3n) is 3.60. The Labute approximate surface area is 157 Å². The average molecular weight is 365 g/mol. The molecule has 0 amide bonds. The fourth-order valence-corrected chi connectivity index (χ4v) is 2.25. The fourth-order valence-electron chi connectivity index (χ4n) is 2.25. The first-order valence-corrected chi connectivity index (χ1v) is 8.14. The minimum atomic E-state index is 0.119. The Morgan fingerprint density at radius 1 is 0.815 bits per heavy atom. The summed E-state index contributed by atoms with van der Waals surface area (Å²) in [4.78, 5) is 12.8. The Morgan fingerprint density at radius 3 is 2.26 bits per heavy atom. The zero-order valence-corrected chi connectivity index (χ0v) is 15.2. The van der Waals surface area contributed by atoms with Crippen molar-refractivity contribution in [1.82, 2.24) is 9.97 Å². The zero-order chi connectivity index (χ0) is 19.1. The molecule has 7 nitrogen and oxygen atoms in total. The predicted octanol–water partition coefficient (Wildman–Crippen LogP) is 4.05. The topological polar surface area (TPSA) is 75.1 Å². The van der Waals surface area contributed by atoms with Gasteiger partial charge in [0.05, 0.1) is 33.1 Å². The van der Waals surface area contributed by atoms with Crippen molar-refractivity contribution in [2.24, 2.45) is 4.99 Å². The van der Waals surface area contributed by atoms with Crippen molar-refractivity contribution in [3.8, 4) is 29.3 Å². The van der Waals surface area contributed by atoms with Gasteiger partial charge in [0.2, 0.25) is 11.8 Å². The lowest BCUT2D eigenvalue weighted by Gasteiger charge is -2.09. The number of aromatic nitrogens is 2. The molecule has 0 bridgehead atoms. The Balaban J connectivity index is 1.87. The maximum atomic E-state index is 5.83. The quantitative estimate of drug-likeness (QED) is 0.588. The van der Waals surface area contributed by atoms with Gasteiger partial charge in [-0.3, -0.25) is 4.99 Å². The van der Waals surface area contributed by atoms with Crippen molar-refractivity contribution in [3.63, 3.8) is 0 Å². The van der Waals surface area contributed by atoms with Gasteiger partial charge in [-0.05, 0) is 24.3 Å². The molecule has 2 aromatic carbocycles. The smallest absolute Gasteiger partial charge is 0.328 e. The normalized spacial score (nSPS) is 10.6. The summed E-state index contributed by atoms with van der Waals surface area (Å²) in [6.07, 6.45) is 1.71. The third kappa shape index (κ3) is 4.72. The van der Waals surface area contributed by atoms with E-state index in [1.54, 1.807) is 19.4 Å². The van der Waals surface area contributed by atoms with Crippen molar-refractivity contribution < 1.29 is 18.9 Å². The monoisotopic (exact) mass is 365 g/mol. The summed E-state index contributed by atoms with van der Waals surface area (Å²) in [6, 6.07) is 16.6. The Hall–Kier alpha value is -3.61. The molecule has 138 valence electrons. The van der Waals surface area contributed by atoms with Crippen LogP contribution in [0.15, 0.2) is 59.6 Å². The number of nitrogens with zero attached hydrogens (tertiary/aromatic N) is 3. The molecule has 0 aliphatic rings. The average Bonchev–Trinajstić information content (AvgIpc) is 2.73. The molecule has 0 aliphatic carbocycles. The number of methoxy groups -OCH3 is 3. The molecule has 0 aliphatic heterocycles. The summed E-state index contributed by atoms with van der Waals surface area (Å²) in [7, 11) is 4.65. The van der Waals surface area contributed by atoms with Gasteiger partial charge >= 0.3 is 6.01 Å². The molecule has 3 rings (SSSR count). The highest BCUT2D eigenvalue weighted by molar-refractivity contribution is 5.85. The lowest BCUT2D eigenvalue weighted by Crippen LogP contribution is -1.99. The molecule has 0 fully saturated rings. The van der Waals surface area contributed by atoms with Crippen molar-refractivity contribution in [2.75, 3.05) is 21.3 Å². The van der Waals surface area contributed by atoms with E-state index in [0.717, 1.165) is 17.0 Å². The number of benzene rings is 2. The first kappa shape index (κ1) is 18.2. The molecule has 0 radical (unpaired) electrons. The molecular formula is C20H19N3O4. The van der Waals surface area contributed by atoms with Crippen LogP contribution in [0, 0.1) is 0 Å². The van der Waals surface area contributed by atoms with E-state index in [4.69, 9.17) is 18.9 Å². The molecule has 0 unspecified atom stereocenters. The van der Waals surface area contributed by atoms with Gasteiger partial charge < -0.3 is 18.9 Å². The molecule has 0 saturated carbocycles. The molecule has 0 spiro atoms. The first-order chi connectivity index (χ1) is 13.2. The summed E-state index contributed by atoms with van der Waals surface area (Å²) in [5, 5.41) is 0. The molecule has 1 aromatic heterocycles. The van der Waals surface area contributed by atoms with E-state index in [2.05, 4.69) is 15.0 Å². The van der Waals surface area contributed by atoms with E-state index in [0.29, 0.717) is 17.5 Å². The molecule has 7 heteroatoms. The number of hydrogen-bond acceptors (Lipinski definition) is 7. The number of rotatable bonds is 7. The van der Waals surface area contributed by atoms with Gasteiger partial charge in [0.25, 0.3) is 0 Å². The van der Waals surface area contributed by atoms with Gasteiger partial charge in [-0.15, -0.1) is 0 Å². The van der Waals surface area contributed by atoms with Crippen LogP contribution < -0.4 is 18.9 Å². The number of para-hydroxylation sites is 1. The van der Waals surface area contributed by atoms with Crippen LogP contribution in [0.2, 0.25) is 0 Å². The van der Waals surface area contributed by atoms with E-state index in [1.165, 1.54) is 14.2 Å². The first-order valence-electron chi connectivity index (χ1n) is 8.14. The summed E-state index contributed by atoms with van der Waals surface area (Å²) in [5.41, 5.74) is 1.54. The van der Waals surface area contributed by atoms with Crippen LogP contribution in [0.3, 0.4) is 0 Å². The lowest BCUT2D eigenvalue weighted by atomic mass is 10.2. The lowest BCUT2D eigenvalue weighted by molar-refractivity contribution is 0.348. The third-order valence-corrected chi connectivity index (χ3v) is 3.60. The maximum absolute atomic E-state index is 5.83. The van der Waals surface area contributed by atoms with E-state index < -0.39 is 0 Å². The Kier molecular flexibility index (Phi) is 5.84. The summed E-state index contributed by atoms with van der Waals surface area (Å²) >= 11 is 0. The van der Waals surface area contributed by atoms with Crippen LogP contribution in [-0.2, 0) is 0 Å². The van der Waals surface area contributed by atoms with Crippen molar-refractivity contribution in [2.45, 2.75) is 0 Å². The molecule has 1 heterocycles. The van der Waals surface area contributed by atoms with Gasteiger partial charge in [0, 0.05) is 17.8 Å². The van der Waals surface area contributed by atoms with Crippen molar-refractivity contribution in [1.29, 1.82) is 0 Å². The second-order valence-corrected chi connectivity index (χ2v) is 5.33. The maximum Gasteiger partial charge on any atom is 0.328 e. The van der Waals surface area contributed by atoms with Crippen LogP contribution in [0.4, 0.5) is 5.69 Å². The molecule has 0 N–H and O–H groups in total. The molecule has 27 heavy (non-hydrogen) atoms. The second-order valence-electron chi connectivity index (χ2n) is 5.33. The molecule has 0 atom stereocenters. The van der Waals surface area contributed by atoms with Gasteiger partial charge in [0.1, 0.15) is 11.5 Å². The Morgan fingerprint density at radius 2 is 1.56 bits per heavy atom. The SMILES string of the molecule is COc1cccc(/N=C/c2ccccc2Oc2nc(OC)cc(OC)n2)c1. The van der Waals surface area contributed by atoms with Crippen molar-refractivity contribution in [3.05, 3.63) is 60.2 Å². The van der Waals surface area contributed by atoms with E-state index >= 15 is 0 Å². The number of ether oxygens (including phenoxy) is 4. The van der Waals surface area contributed by atoms with Gasteiger partial charge in [0.15, 0.2) is 0 Å². The largest absolute Gasteiger partial charge is 0.497 e. The molecular weight excluding hydrogens is 346 g/mol. The highest BCUT2D eigenvalue weighted by Gasteiger charge is 2.09. The van der Waals surface area contributed by atoms with E-state index in [1.807, 2.05) is 48.5 Å². The minimum Gasteiger partial charge on any atom is -0.497 e. The molecule has 3 aromatic rings. The summed E-state index contributed by atoms with van der Waals surface area (Å²) < 4.78 is 21.3. The predicted molar refractivity (Wildman–Crippen MR) is 102 cm³/mol. The Bertz CT molecular complexity index is 922. The van der Waals surface area contributed by atoms with E-state index in [-0.39, 0.29) is 6.01 Å². The number of hydrogen-bond donors (Lipinski definition) is 0. The van der Waals surface area contributed by atoms with E-state index in [9.17, 15) is 0 Å². The van der Waals surface area contributed by atoms with Crippen LogP contribution >= 0.6 is 0 Å².